The van der Waals surface area contributed by atoms with Crippen LogP contribution in [0.25, 0.3) is 0 Å². The molecule has 1 aromatic carbocycles. The van der Waals surface area contributed by atoms with Crippen molar-refractivity contribution in [3.8, 4) is 11.5 Å². The molecule has 1 aliphatic rings. The minimum absolute atomic E-state index is 0. The molecule has 0 aliphatic heterocycles. The van der Waals surface area contributed by atoms with Crippen LogP contribution in [0.5, 0.6) is 11.5 Å². The standard InChI is InChI=1S/C9H11NO2.ClH/c10-7-4-6(7)5-1-2-8(11)9(12)3-5;/h1-3,6-7,11-12H,4,10H2;1H. The highest BCUT2D eigenvalue weighted by molar-refractivity contribution is 5.85. The van der Waals surface area contributed by atoms with Crippen LogP contribution in [0, 0.1) is 0 Å². The van der Waals surface area contributed by atoms with Crippen molar-refractivity contribution in [1.29, 1.82) is 0 Å². The second-order valence-corrected chi connectivity index (χ2v) is 3.25. The summed E-state index contributed by atoms with van der Waals surface area (Å²) in [4.78, 5) is 0. The Morgan fingerprint density at radius 1 is 1.23 bits per heavy atom. The monoisotopic (exact) mass is 201 g/mol. The van der Waals surface area contributed by atoms with E-state index in [0.29, 0.717) is 5.92 Å². The largest absolute Gasteiger partial charge is 0.504 e. The van der Waals surface area contributed by atoms with Crippen molar-refractivity contribution in [3.05, 3.63) is 23.8 Å². The van der Waals surface area contributed by atoms with Gasteiger partial charge < -0.3 is 15.9 Å². The number of aromatic hydroxyl groups is 2. The van der Waals surface area contributed by atoms with Gasteiger partial charge in [-0.1, -0.05) is 6.07 Å². The fraction of sp³-hybridized carbons (Fsp3) is 0.333. The summed E-state index contributed by atoms with van der Waals surface area (Å²) >= 11 is 0. The molecule has 0 bridgehead atoms. The average molecular weight is 202 g/mol. The lowest BCUT2D eigenvalue weighted by Gasteiger charge is -2.01. The Bertz CT molecular complexity index is 316. The minimum Gasteiger partial charge on any atom is -0.504 e. The smallest absolute Gasteiger partial charge is 0.157 e. The van der Waals surface area contributed by atoms with Gasteiger partial charge in [0, 0.05) is 12.0 Å². The van der Waals surface area contributed by atoms with Crippen molar-refractivity contribution in [1.82, 2.24) is 0 Å². The third kappa shape index (κ3) is 1.87. The Balaban J connectivity index is 0.000000845. The van der Waals surface area contributed by atoms with E-state index >= 15 is 0 Å². The van der Waals surface area contributed by atoms with Gasteiger partial charge in [-0.05, 0) is 24.1 Å². The van der Waals surface area contributed by atoms with Crippen LogP contribution in [0.1, 0.15) is 17.9 Å². The minimum atomic E-state index is -0.0760. The van der Waals surface area contributed by atoms with E-state index in [0.717, 1.165) is 12.0 Å². The van der Waals surface area contributed by atoms with Gasteiger partial charge in [0.15, 0.2) is 11.5 Å². The van der Waals surface area contributed by atoms with Crippen molar-refractivity contribution < 1.29 is 10.2 Å². The molecule has 1 saturated carbocycles. The molecule has 3 nitrogen and oxygen atoms in total. The summed E-state index contributed by atoms with van der Waals surface area (Å²) < 4.78 is 0. The molecule has 72 valence electrons. The summed E-state index contributed by atoms with van der Waals surface area (Å²) in [6.45, 7) is 0. The van der Waals surface area contributed by atoms with Gasteiger partial charge in [-0.25, -0.2) is 0 Å². The lowest BCUT2D eigenvalue weighted by molar-refractivity contribution is 0.403. The molecule has 0 saturated heterocycles. The summed E-state index contributed by atoms with van der Waals surface area (Å²) in [5.74, 6) is 0.232. The van der Waals surface area contributed by atoms with E-state index < -0.39 is 0 Å². The summed E-state index contributed by atoms with van der Waals surface area (Å²) in [5.41, 5.74) is 6.65. The van der Waals surface area contributed by atoms with E-state index in [-0.39, 0.29) is 29.9 Å². The summed E-state index contributed by atoms with van der Waals surface area (Å²) in [6.07, 6.45) is 0.976. The van der Waals surface area contributed by atoms with Crippen molar-refractivity contribution in [3.63, 3.8) is 0 Å². The van der Waals surface area contributed by atoms with Gasteiger partial charge in [0.2, 0.25) is 0 Å². The lowest BCUT2D eigenvalue weighted by atomic mass is 10.1. The second kappa shape index (κ2) is 3.44. The number of benzene rings is 1. The van der Waals surface area contributed by atoms with Gasteiger partial charge in [-0.15, -0.1) is 12.4 Å². The van der Waals surface area contributed by atoms with Crippen LogP contribution in [0.2, 0.25) is 0 Å². The molecule has 4 N–H and O–H groups in total. The molecule has 4 heteroatoms. The van der Waals surface area contributed by atoms with Crippen LogP contribution in [0.15, 0.2) is 18.2 Å². The highest BCUT2D eigenvalue weighted by Gasteiger charge is 2.34. The molecule has 2 unspecified atom stereocenters. The molecule has 0 aromatic heterocycles. The lowest BCUT2D eigenvalue weighted by Crippen LogP contribution is -2.00. The predicted octanol–water partition coefficient (Wildman–Crippen LogP) is 1.33. The summed E-state index contributed by atoms with van der Waals surface area (Å²) in [7, 11) is 0. The first-order valence-electron chi connectivity index (χ1n) is 3.96. The quantitative estimate of drug-likeness (QED) is 0.601. The van der Waals surface area contributed by atoms with Gasteiger partial charge in [-0.2, -0.15) is 0 Å². The Kier molecular flexibility index (Phi) is 2.68. The molecule has 2 atom stereocenters. The van der Waals surface area contributed by atoms with Gasteiger partial charge in [-0.3, -0.25) is 0 Å². The Labute approximate surface area is 82.6 Å². The number of rotatable bonds is 1. The van der Waals surface area contributed by atoms with Crippen molar-refractivity contribution in [2.75, 3.05) is 0 Å². The third-order valence-corrected chi connectivity index (χ3v) is 2.27. The van der Waals surface area contributed by atoms with E-state index in [2.05, 4.69) is 0 Å². The maximum Gasteiger partial charge on any atom is 0.157 e. The SMILES string of the molecule is Cl.NC1CC1c1ccc(O)c(O)c1. The Hall–Kier alpha value is -0.930. The molecule has 0 amide bonds. The van der Waals surface area contributed by atoms with Crippen LogP contribution >= 0.6 is 12.4 Å². The van der Waals surface area contributed by atoms with Gasteiger partial charge in [0.05, 0.1) is 0 Å². The normalized spacial score (nSPS) is 25.0. The number of hydrogen-bond donors (Lipinski definition) is 3. The first-order chi connectivity index (χ1) is 5.68. The molecule has 1 aromatic rings. The zero-order chi connectivity index (χ0) is 8.72. The molecule has 0 radical (unpaired) electrons. The number of nitrogens with two attached hydrogens (primary N) is 1. The van der Waals surface area contributed by atoms with Crippen LogP contribution in [0.4, 0.5) is 0 Å². The maximum atomic E-state index is 9.17. The molecule has 1 aliphatic carbocycles. The fourth-order valence-corrected chi connectivity index (χ4v) is 1.37. The number of phenols is 2. The van der Waals surface area contributed by atoms with E-state index in [9.17, 15) is 5.11 Å². The average Bonchev–Trinajstić information content (AvgIpc) is 2.73. The van der Waals surface area contributed by atoms with Gasteiger partial charge in [0.1, 0.15) is 0 Å². The molecule has 0 heterocycles. The molecular weight excluding hydrogens is 190 g/mol. The fourth-order valence-electron chi connectivity index (χ4n) is 1.37. The van der Waals surface area contributed by atoms with Crippen LogP contribution in [0.3, 0.4) is 0 Å². The van der Waals surface area contributed by atoms with Gasteiger partial charge in [0.25, 0.3) is 0 Å². The predicted molar refractivity (Wildman–Crippen MR) is 52.4 cm³/mol. The van der Waals surface area contributed by atoms with Crippen LogP contribution in [-0.4, -0.2) is 16.3 Å². The zero-order valence-corrected chi connectivity index (χ0v) is 7.79. The maximum absolute atomic E-state index is 9.17. The molecule has 1 fully saturated rings. The van der Waals surface area contributed by atoms with Gasteiger partial charge >= 0.3 is 0 Å². The van der Waals surface area contributed by atoms with E-state index in [1.807, 2.05) is 0 Å². The second-order valence-electron chi connectivity index (χ2n) is 3.25. The zero-order valence-electron chi connectivity index (χ0n) is 6.97. The molecule has 13 heavy (non-hydrogen) atoms. The summed E-state index contributed by atoms with van der Waals surface area (Å²) in [5, 5.41) is 18.2. The summed E-state index contributed by atoms with van der Waals surface area (Å²) in [6, 6.07) is 5.10. The number of halogens is 1. The topological polar surface area (TPSA) is 66.5 Å². The van der Waals surface area contributed by atoms with E-state index in [1.165, 1.54) is 6.07 Å². The van der Waals surface area contributed by atoms with Crippen molar-refractivity contribution >= 4 is 12.4 Å². The molecule has 2 rings (SSSR count). The van der Waals surface area contributed by atoms with Crippen molar-refractivity contribution in [2.24, 2.45) is 5.73 Å². The number of hydrogen-bond acceptors (Lipinski definition) is 3. The first kappa shape index (κ1) is 10.2. The third-order valence-electron chi connectivity index (χ3n) is 2.27. The van der Waals surface area contributed by atoms with E-state index in [1.54, 1.807) is 12.1 Å². The Morgan fingerprint density at radius 3 is 2.31 bits per heavy atom. The molecule has 0 spiro atoms. The van der Waals surface area contributed by atoms with Crippen LogP contribution < -0.4 is 5.73 Å². The molecular formula is C9H12ClNO2. The number of phenolic OH excluding ortho intramolecular Hbond substituents is 2. The first-order valence-corrected chi connectivity index (χ1v) is 3.96. The van der Waals surface area contributed by atoms with E-state index in [4.69, 9.17) is 10.8 Å². The Morgan fingerprint density at radius 2 is 1.85 bits per heavy atom. The van der Waals surface area contributed by atoms with Crippen LogP contribution in [-0.2, 0) is 0 Å². The highest BCUT2D eigenvalue weighted by atomic mass is 35.5. The highest BCUT2D eigenvalue weighted by Crippen LogP contribution is 2.41. The van der Waals surface area contributed by atoms with Crippen molar-refractivity contribution in [2.45, 2.75) is 18.4 Å².